The zero-order chi connectivity index (χ0) is 20.4. The van der Waals surface area contributed by atoms with Gasteiger partial charge >= 0.3 is 11.9 Å². The fraction of sp³-hybridized carbons (Fsp3) is 0.217. The van der Waals surface area contributed by atoms with Crippen molar-refractivity contribution in [2.45, 2.75) is 20.0 Å². The Morgan fingerprint density at radius 2 is 1.72 bits per heavy atom. The van der Waals surface area contributed by atoms with Crippen molar-refractivity contribution in [2.24, 2.45) is 10.9 Å². The molecule has 6 heteroatoms. The normalized spacial score (nSPS) is 18.3. The predicted molar refractivity (Wildman–Crippen MR) is 110 cm³/mol. The third kappa shape index (κ3) is 3.74. The molecule has 1 atom stereocenters. The largest absolute Gasteiger partial charge is 0.497 e. The summed E-state index contributed by atoms with van der Waals surface area (Å²) in [5, 5.41) is 0. The second-order valence-electron chi connectivity index (χ2n) is 7.13. The lowest BCUT2D eigenvalue weighted by Crippen LogP contribution is -2.53. The van der Waals surface area contributed by atoms with Gasteiger partial charge < -0.3 is 4.74 Å². The molecule has 1 unspecified atom stereocenters. The highest BCUT2D eigenvalue weighted by Gasteiger charge is 2.46. The van der Waals surface area contributed by atoms with Gasteiger partial charge in [-0.2, -0.15) is 9.48 Å². The fourth-order valence-corrected chi connectivity index (χ4v) is 3.47. The van der Waals surface area contributed by atoms with Crippen molar-refractivity contribution in [1.29, 1.82) is 0 Å². The molecular formula is C23H22N3O3+. The van der Waals surface area contributed by atoms with Crippen LogP contribution in [0.3, 0.4) is 0 Å². The number of imide groups is 1. The van der Waals surface area contributed by atoms with E-state index in [0.717, 1.165) is 22.4 Å². The Hall–Kier alpha value is -3.54. The van der Waals surface area contributed by atoms with Crippen molar-refractivity contribution in [1.82, 2.24) is 4.90 Å². The number of carbonyl (C=O) groups excluding carboxylic acids is 2. The minimum atomic E-state index is -0.554. The Kier molecular flexibility index (Phi) is 5.08. The Bertz CT molecular complexity index is 1030. The van der Waals surface area contributed by atoms with Gasteiger partial charge in [0.1, 0.15) is 25.1 Å². The van der Waals surface area contributed by atoms with Crippen LogP contribution >= 0.6 is 0 Å². The van der Waals surface area contributed by atoms with Gasteiger partial charge in [0.2, 0.25) is 0 Å². The maximum absolute atomic E-state index is 13.3. The zero-order valence-electron chi connectivity index (χ0n) is 16.4. The number of ether oxygens (including phenoxy) is 1. The number of hydrogen-bond donors (Lipinski definition) is 0. The van der Waals surface area contributed by atoms with Gasteiger partial charge in [-0.05, 0) is 36.3 Å². The standard InChI is InChI=1S/C23H22N3O3/c1-16-5-7-17(8-6-16)14-25-21-20(4-3-13-24-21)22(27)26(23(25)28)15-18-9-11-19(29-2)12-10-18/h3-13,20H,14-15H2,1-2H3/q+1. The molecule has 2 aliphatic heterocycles. The average molecular weight is 388 g/mol. The maximum Gasteiger partial charge on any atom is 0.446 e. The van der Waals surface area contributed by atoms with Crippen molar-refractivity contribution >= 4 is 24.0 Å². The van der Waals surface area contributed by atoms with Gasteiger partial charge in [-0.3, -0.25) is 4.79 Å². The van der Waals surface area contributed by atoms with Crippen LogP contribution in [0.25, 0.3) is 0 Å². The molecule has 0 saturated carbocycles. The first-order valence-corrected chi connectivity index (χ1v) is 9.46. The van der Waals surface area contributed by atoms with Gasteiger partial charge in [0.05, 0.1) is 7.11 Å². The number of benzene rings is 2. The van der Waals surface area contributed by atoms with E-state index < -0.39 is 5.92 Å². The second-order valence-corrected chi connectivity index (χ2v) is 7.13. The summed E-state index contributed by atoms with van der Waals surface area (Å²) in [6.45, 7) is 2.59. The number of allylic oxidation sites excluding steroid dienone is 1. The van der Waals surface area contributed by atoms with Gasteiger partial charge in [-0.1, -0.05) is 48.0 Å². The summed E-state index contributed by atoms with van der Waals surface area (Å²) in [7, 11) is 1.60. The van der Waals surface area contributed by atoms with E-state index in [2.05, 4.69) is 4.99 Å². The molecule has 0 fully saturated rings. The van der Waals surface area contributed by atoms with Gasteiger partial charge in [0.25, 0.3) is 5.84 Å². The molecule has 3 amide bonds. The van der Waals surface area contributed by atoms with E-state index in [1.807, 2.05) is 55.5 Å². The molecule has 2 heterocycles. The summed E-state index contributed by atoms with van der Waals surface area (Å²) in [6.07, 6.45) is 5.16. The van der Waals surface area contributed by atoms with E-state index >= 15 is 0 Å². The number of aryl methyl sites for hydroxylation is 1. The summed E-state index contributed by atoms with van der Waals surface area (Å²) >= 11 is 0. The topological polar surface area (TPSA) is 62.0 Å². The number of amides is 3. The first-order chi connectivity index (χ1) is 14.1. The number of aliphatic imine (C=N–C) groups is 1. The molecule has 29 heavy (non-hydrogen) atoms. The number of nitrogens with zero attached hydrogens (tertiary/aromatic N) is 3. The number of methoxy groups -OCH3 is 1. The fourth-order valence-electron chi connectivity index (χ4n) is 3.47. The SMILES string of the molecule is COc1ccc(CN2C(=O)C3C=CC=NC3=[N+](Cc3ccc(C)cc3)C2=O)cc1. The molecule has 6 nitrogen and oxygen atoms in total. The van der Waals surface area contributed by atoms with Crippen LogP contribution in [0, 0.1) is 12.8 Å². The number of rotatable bonds is 5. The lowest BCUT2D eigenvalue weighted by atomic mass is 10.0. The zero-order valence-corrected chi connectivity index (χ0v) is 16.4. The highest BCUT2D eigenvalue weighted by atomic mass is 16.5. The van der Waals surface area contributed by atoms with Crippen LogP contribution in [0.2, 0.25) is 0 Å². The summed E-state index contributed by atoms with van der Waals surface area (Å²) < 4.78 is 6.78. The molecule has 0 aliphatic carbocycles. The first-order valence-electron chi connectivity index (χ1n) is 9.46. The molecule has 0 radical (unpaired) electrons. The minimum absolute atomic E-state index is 0.202. The predicted octanol–water partition coefficient (Wildman–Crippen LogP) is 3.33. The Morgan fingerprint density at radius 1 is 1.03 bits per heavy atom. The third-order valence-electron chi connectivity index (χ3n) is 5.11. The highest BCUT2D eigenvalue weighted by Crippen LogP contribution is 2.23. The lowest BCUT2D eigenvalue weighted by Gasteiger charge is -2.27. The van der Waals surface area contributed by atoms with E-state index in [-0.39, 0.29) is 18.5 Å². The highest BCUT2D eigenvalue weighted by molar-refractivity contribution is 6.14. The number of dihydropyridines is 1. The molecule has 0 N–H and O–H groups in total. The lowest BCUT2D eigenvalue weighted by molar-refractivity contribution is -0.458. The monoisotopic (exact) mass is 388 g/mol. The molecular weight excluding hydrogens is 366 g/mol. The third-order valence-corrected chi connectivity index (χ3v) is 5.11. The number of fused-ring (bicyclic) bond motifs is 1. The smallest absolute Gasteiger partial charge is 0.446 e. The minimum Gasteiger partial charge on any atom is -0.497 e. The second kappa shape index (κ2) is 7.83. The van der Waals surface area contributed by atoms with Gasteiger partial charge in [-0.15, -0.1) is 4.99 Å². The molecule has 0 bridgehead atoms. The molecule has 2 aliphatic rings. The summed E-state index contributed by atoms with van der Waals surface area (Å²) in [4.78, 5) is 32.0. The molecule has 2 aromatic carbocycles. The van der Waals surface area contributed by atoms with Crippen LogP contribution in [-0.4, -0.2) is 40.6 Å². The van der Waals surface area contributed by atoms with Crippen LogP contribution in [-0.2, 0) is 17.9 Å². The van der Waals surface area contributed by atoms with Crippen LogP contribution in [0.5, 0.6) is 5.75 Å². The van der Waals surface area contributed by atoms with Crippen molar-refractivity contribution in [3.05, 3.63) is 77.4 Å². The van der Waals surface area contributed by atoms with Crippen LogP contribution < -0.4 is 4.74 Å². The van der Waals surface area contributed by atoms with Crippen LogP contribution in [0.1, 0.15) is 16.7 Å². The number of carbonyl (C=O) groups is 2. The maximum atomic E-state index is 13.3. The number of hydrogen-bond acceptors (Lipinski definition) is 4. The van der Waals surface area contributed by atoms with Gasteiger partial charge in [0, 0.05) is 0 Å². The van der Waals surface area contributed by atoms with Crippen molar-refractivity contribution in [2.75, 3.05) is 7.11 Å². The Balaban J connectivity index is 1.67. The number of amidine groups is 1. The van der Waals surface area contributed by atoms with Gasteiger partial charge in [0.15, 0.2) is 5.92 Å². The molecule has 0 aromatic heterocycles. The molecule has 0 saturated heterocycles. The quantitative estimate of drug-likeness (QED) is 0.738. The average Bonchev–Trinajstić information content (AvgIpc) is 2.76. The first kappa shape index (κ1) is 18.8. The van der Waals surface area contributed by atoms with Crippen molar-refractivity contribution < 1.29 is 18.9 Å². The van der Waals surface area contributed by atoms with Crippen molar-refractivity contribution in [3.8, 4) is 5.75 Å². The van der Waals surface area contributed by atoms with E-state index in [1.54, 1.807) is 30.1 Å². The Labute approximate surface area is 169 Å². The summed E-state index contributed by atoms with van der Waals surface area (Å²) in [6, 6.07) is 15.0. The molecule has 146 valence electrons. The molecule has 0 spiro atoms. The molecule has 4 rings (SSSR count). The summed E-state index contributed by atoms with van der Waals surface area (Å²) in [5.41, 5.74) is 2.99. The van der Waals surface area contributed by atoms with Crippen LogP contribution in [0.4, 0.5) is 4.79 Å². The van der Waals surface area contributed by atoms with Gasteiger partial charge in [-0.25, -0.2) is 4.79 Å². The summed E-state index contributed by atoms with van der Waals surface area (Å²) in [5.74, 6) is 0.399. The molecule has 2 aromatic rings. The van der Waals surface area contributed by atoms with E-state index in [0.29, 0.717) is 12.4 Å². The van der Waals surface area contributed by atoms with E-state index in [9.17, 15) is 9.59 Å². The van der Waals surface area contributed by atoms with E-state index in [4.69, 9.17) is 4.74 Å². The van der Waals surface area contributed by atoms with Crippen molar-refractivity contribution in [3.63, 3.8) is 0 Å². The van der Waals surface area contributed by atoms with Crippen LogP contribution in [0.15, 0.2) is 65.7 Å². The van der Waals surface area contributed by atoms with E-state index in [1.165, 1.54) is 4.90 Å². The number of urea groups is 1. The Morgan fingerprint density at radius 3 is 2.41 bits per heavy atom.